The Labute approximate surface area is 92.3 Å². The predicted molar refractivity (Wildman–Crippen MR) is 68.5 cm³/mol. The molecular formula is C6H13OPS4. The van der Waals surface area contributed by atoms with E-state index in [9.17, 15) is 0 Å². The molecule has 1 saturated heterocycles. The minimum Gasteiger partial charge on any atom is -0.381 e. The average Bonchev–Trinajstić information content (AvgIpc) is 2.11. The molecule has 1 rings (SSSR count). The summed E-state index contributed by atoms with van der Waals surface area (Å²) in [4.78, 5) is 0. The molecule has 0 aromatic rings. The van der Waals surface area contributed by atoms with E-state index >= 15 is 0 Å². The molecule has 1 heterocycles. The summed E-state index contributed by atoms with van der Waals surface area (Å²) in [6, 6.07) is 0. The molecule has 1 nitrogen and oxygen atoms in total. The van der Waals surface area contributed by atoms with Crippen LogP contribution in [0.2, 0.25) is 0 Å². The van der Waals surface area contributed by atoms with Gasteiger partial charge >= 0.3 is 0 Å². The summed E-state index contributed by atoms with van der Waals surface area (Å²) in [5.74, 6) is 2.40. The predicted octanol–water partition coefficient (Wildman–Crippen LogP) is 4.07. The van der Waals surface area contributed by atoms with Crippen molar-refractivity contribution in [1.82, 2.24) is 0 Å². The van der Waals surface area contributed by atoms with Gasteiger partial charge in [-0.05, 0) is 23.3 Å². The van der Waals surface area contributed by atoms with Gasteiger partial charge in [-0.3, -0.25) is 0 Å². The molecule has 0 N–H and O–H groups in total. The fourth-order valence-electron chi connectivity index (χ4n) is 0.729. The van der Waals surface area contributed by atoms with Crippen molar-refractivity contribution in [3.8, 4) is 0 Å². The Morgan fingerprint density at radius 2 is 1.92 bits per heavy atom. The molecule has 1 aliphatic rings. The summed E-state index contributed by atoms with van der Waals surface area (Å²) < 4.78 is 5.45. The number of ether oxygens (including phenoxy) is 1. The van der Waals surface area contributed by atoms with Crippen LogP contribution in [0, 0.1) is 0 Å². The largest absolute Gasteiger partial charge is 0.381 e. The van der Waals surface area contributed by atoms with Crippen molar-refractivity contribution in [2.24, 2.45) is 0 Å². The lowest BCUT2D eigenvalue weighted by Crippen LogP contribution is -1.98. The van der Waals surface area contributed by atoms with Crippen LogP contribution in [-0.4, -0.2) is 24.7 Å². The molecule has 72 valence electrons. The van der Waals surface area contributed by atoms with Crippen molar-refractivity contribution in [3.63, 3.8) is 0 Å². The van der Waals surface area contributed by atoms with Gasteiger partial charge in [0.25, 0.3) is 0 Å². The van der Waals surface area contributed by atoms with E-state index in [1.807, 2.05) is 32.6 Å². The highest BCUT2D eigenvalue weighted by atomic mass is 33.6. The van der Waals surface area contributed by atoms with Crippen LogP contribution in [0.3, 0.4) is 0 Å². The van der Waals surface area contributed by atoms with Gasteiger partial charge in [0, 0.05) is 24.7 Å². The number of hydrogen-bond donors (Lipinski definition) is 1. The van der Waals surface area contributed by atoms with Gasteiger partial charge in [-0.25, -0.2) is 0 Å². The molecule has 0 aromatic carbocycles. The first kappa shape index (κ1) is 11.9. The first-order valence-electron chi connectivity index (χ1n) is 3.89. The third-order valence-corrected chi connectivity index (χ3v) is 12.6. The van der Waals surface area contributed by atoms with E-state index in [0.29, 0.717) is 0 Å². The summed E-state index contributed by atoms with van der Waals surface area (Å²) >= 11 is 6.50. The number of hydrogen-bond acceptors (Lipinski definition) is 5. The Morgan fingerprint density at radius 1 is 1.17 bits per heavy atom. The Balaban J connectivity index is 2.13. The zero-order chi connectivity index (χ0) is 8.65. The number of thiol groups is 1. The van der Waals surface area contributed by atoms with Crippen LogP contribution < -0.4 is 0 Å². The third-order valence-electron chi connectivity index (χ3n) is 1.27. The zero-order valence-corrected chi connectivity index (χ0v) is 11.0. The Morgan fingerprint density at radius 3 is 2.75 bits per heavy atom. The summed E-state index contributed by atoms with van der Waals surface area (Å²) in [6.45, 7) is 1.86. The maximum Gasteiger partial charge on any atom is 0.0809 e. The van der Waals surface area contributed by atoms with E-state index in [1.165, 1.54) is 24.3 Å². The van der Waals surface area contributed by atoms with Crippen molar-refractivity contribution in [2.75, 3.05) is 24.7 Å². The zero-order valence-electron chi connectivity index (χ0n) is 6.77. The van der Waals surface area contributed by atoms with E-state index in [4.69, 9.17) is 4.74 Å². The van der Waals surface area contributed by atoms with Crippen LogP contribution >= 0.6 is 50.4 Å². The van der Waals surface area contributed by atoms with Crippen LogP contribution in [-0.2, 0) is 4.74 Å². The highest BCUT2D eigenvalue weighted by molar-refractivity contribution is 9.24. The molecule has 0 aromatic heterocycles. The fraction of sp³-hybridized carbons (Fsp3) is 1.00. The van der Waals surface area contributed by atoms with E-state index in [0.717, 1.165) is 13.2 Å². The maximum atomic E-state index is 5.45. The fourth-order valence-corrected chi connectivity index (χ4v) is 10.3. The molecule has 12 heavy (non-hydrogen) atoms. The third kappa shape index (κ3) is 6.28. The molecule has 1 aliphatic heterocycles. The van der Waals surface area contributed by atoms with Crippen LogP contribution in [0.5, 0.6) is 0 Å². The Bertz CT molecular complexity index is 104. The van der Waals surface area contributed by atoms with Crippen LogP contribution in [0.4, 0.5) is 0 Å². The first-order valence-corrected chi connectivity index (χ1v) is 10.9. The minimum atomic E-state index is -0.141. The molecule has 0 saturated carbocycles. The van der Waals surface area contributed by atoms with Crippen molar-refractivity contribution < 1.29 is 4.74 Å². The minimum absolute atomic E-state index is 0.141. The van der Waals surface area contributed by atoms with Gasteiger partial charge in [0.2, 0.25) is 0 Å². The van der Waals surface area contributed by atoms with Gasteiger partial charge in [-0.2, -0.15) is 0 Å². The van der Waals surface area contributed by atoms with Gasteiger partial charge in [-0.15, -0.1) is 23.6 Å². The molecule has 0 spiro atoms. The molecular weight excluding hydrogens is 247 g/mol. The summed E-state index contributed by atoms with van der Waals surface area (Å²) in [5, 5.41) is 0. The summed E-state index contributed by atoms with van der Waals surface area (Å²) in [6.07, 6.45) is 2.36. The molecule has 0 aliphatic carbocycles. The summed E-state index contributed by atoms with van der Waals surface area (Å²) in [7, 11) is 3.87. The quantitative estimate of drug-likeness (QED) is 0.399. The second-order valence-corrected chi connectivity index (χ2v) is 13.2. The second-order valence-electron chi connectivity index (χ2n) is 2.29. The Hall–Kier alpha value is 1.79. The van der Waals surface area contributed by atoms with Gasteiger partial charge in [0.15, 0.2) is 0 Å². The topological polar surface area (TPSA) is 9.23 Å². The molecule has 0 bridgehead atoms. The molecule has 0 amide bonds. The van der Waals surface area contributed by atoms with E-state index < -0.39 is 0 Å². The molecule has 1 atom stereocenters. The SMILES string of the molecule is SP1SCCCOCCCSS1. The first-order chi connectivity index (χ1) is 5.89. The van der Waals surface area contributed by atoms with Crippen LogP contribution in [0.15, 0.2) is 0 Å². The highest BCUT2D eigenvalue weighted by Gasteiger charge is 2.05. The molecule has 1 unspecified atom stereocenters. The highest BCUT2D eigenvalue weighted by Crippen LogP contribution is 2.68. The average molecular weight is 260 g/mol. The van der Waals surface area contributed by atoms with Crippen LogP contribution in [0.1, 0.15) is 12.8 Å². The molecule has 6 heteroatoms. The lowest BCUT2D eigenvalue weighted by Gasteiger charge is -2.06. The van der Waals surface area contributed by atoms with E-state index in [-0.39, 0.29) is 5.53 Å². The van der Waals surface area contributed by atoms with Gasteiger partial charge in [0.05, 0.1) is 5.53 Å². The maximum absolute atomic E-state index is 5.45. The normalized spacial score (nSPS) is 29.2. The lowest BCUT2D eigenvalue weighted by molar-refractivity contribution is 0.137. The summed E-state index contributed by atoms with van der Waals surface area (Å²) in [5.41, 5.74) is -0.141. The second kappa shape index (κ2) is 8.13. The van der Waals surface area contributed by atoms with Crippen molar-refractivity contribution in [3.05, 3.63) is 0 Å². The van der Waals surface area contributed by atoms with Crippen molar-refractivity contribution in [2.45, 2.75) is 12.8 Å². The monoisotopic (exact) mass is 260 g/mol. The number of rotatable bonds is 0. The smallest absolute Gasteiger partial charge is 0.0809 e. The van der Waals surface area contributed by atoms with Crippen molar-refractivity contribution >= 4 is 50.4 Å². The Kier molecular flexibility index (Phi) is 8.03. The van der Waals surface area contributed by atoms with Gasteiger partial charge in [0.1, 0.15) is 0 Å². The molecule has 1 fully saturated rings. The standard InChI is InChI=1S/C6H13OPS4/c9-8-10-5-1-3-7-4-2-6-11-12-8/h9H,1-6H2. The lowest BCUT2D eigenvalue weighted by atomic mass is 10.5. The van der Waals surface area contributed by atoms with Crippen molar-refractivity contribution in [1.29, 1.82) is 0 Å². The van der Waals surface area contributed by atoms with Gasteiger partial charge < -0.3 is 4.74 Å². The van der Waals surface area contributed by atoms with E-state index in [1.54, 1.807) is 0 Å². The van der Waals surface area contributed by atoms with E-state index in [2.05, 4.69) is 12.2 Å². The van der Waals surface area contributed by atoms with Crippen LogP contribution in [0.25, 0.3) is 0 Å². The molecule has 0 radical (unpaired) electrons. The van der Waals surface area contributed by atoms with Gasteiger partial charge in [-0.1, -0.05) is 10.8 Å².